The molecular formula is C19H13N3O2. The van der Waals surface area contributed by atoms with Gasteiger partial charge in [-0.15, -0.1) is 0 Å². The van der Waals surface area contributed by atoms with Gasteiger partial charge in [0.25, 0.3) is 0 Å². The van der Waals surface area contributed by atoms with Crippen molar-refractivity contribution in [2.75, 3.05) is 0 Å². The van der Waals surface area contributed by atoms with E-state index in [1.54, 1.807) is 31.2 Å². The van der Waals surface area contributed by atoms with Gasteiger partial charge in [-0.3, -0.25) is 0 Å². The summed E-state index contributed by atoms with van der Waals surface area (Å²) in [6.07, 6.45) is 1.50. The lowest BCUT2D eigenvalue weighted by Gasteiger charge is -1.98. The molecule has 24 heavy (non-hydrogen) atoms. The predicted octanol–water partition coefficient (Wildman–Crippen LogP) is 4.65. The molecule has 116 valence electrons. The number of aliphatic imine (C=N–C) groups is 1. The molecule has 0 aliphatic heterocycles. The molecule has 5 nitrogen and oxygen atoms in total. The minimum atomic E-state index is 0.267. The van der Waals surface area contributed by atoms with E-state index in [0.717, 1.165) is 11.1 Å². The quantitative estimate of drug-likeness (QED) is 0.658. The van der Waals surface area contributed by atoms with Crippen LogP contribution in [0.3, 0.4) is 0 Å². The summed E-state index contributed by atoms with van der Waals surface area (Å²) in [4.78, 5) is 4.21. The molecule has 0 unspecified atom stereocenters. The summed E-state index contributed by atoms with van der Waals surface area (Å²) >= 11 is 0. The zero-order valence-corrected chi connectivity index (χ0v) is 13.2. The highest BCUT2D eigenvalue weighted by molar-refractivity contribution is 5.80. The van der Waals surface area contributed by atoms with Gasteiger partial charge in [0.15, 0.2) is 0 Å². The number of nitrogens with zero attached hydrogens (tertiary/aromatic N) is 3. The third-order valence-electron chi connectivity index (χ3n) is 3.73. The maximum atomic E-state index is 9.18. The molecule has 0 aliphatic rings. The third kappa shape index (κ3) is 2.71. The van der Waals surface area contributed by atoms with Gasteiger partial charge in [0.2, 0.25) is 5.88 Å². The van der Waals surface area contributed by atoms with Crippen molar-refractivity contribution in [1.82, 2.24) is 0 Å². The van der Waals surface area contributed by atoms with Crippen LogP contribution in [0.5, 0.6) is 0 Å². The smallest absolute Gasteiger partial charge is 0.237 e. The fraction of sp³-hybridized carbons (Fsp3) is 0.105. The van der Waals surface area contributed by atoms with Crippen LogP contribution < -0.4 is 0 Å². The van der Waals surface area contributed by atoms with Crippen molar-refractivity contribution in [3.63, 3.8) is 0 Å². The molecule has 0 spiro atoms. The van der Waals surface area contributed by atoms with Crippen molar-refractivity contribution in [1.29, 1.82) is 10.5 Å². The Balaban J connectivity index is 1.92. The van der Waals surface area contributed by atoms with E-state index in [1.165, 1.54) is 6.21 Å². The fourth-order valence-corrected chi connectivity index (χ4v) is 2.32. The molecule has 0 fully saturated rings. The van der Waals surface area contributed by atoms with Gasteiger partial charge in [0.1, 0.15) is 28.9 Å². The summed E-state index contributed by atoms with van der Waals surface area (Å²) in [7, 11) is 0. The summed E-state index contributed by atoms with van der Waals surface area (Å²) < 4.78 is 11.2. The lowest BCUT2D eigenvalue weighted by molar-refractivity contribution is 0.540. The van der Waals surface area contributed by atoms with E-state index in [0.29, 0.717) is 28.4 Å². The van der Waals surface area contributed by atoms with Crippen LogP contribution in [0.1, 0.15) is 28.2 Å². The van der Waals surface area contributed by atoms with Crippen LogP contribution in [0.4, 0.5) is 5.88 Å². The second-order valence-corrected chi connectivity index (χ2v) is 5.19. The van der Waals surface area contributed by atoms with Crippen molar-refractivity contribution >= 4 is 12.1 Å². The standard InChI is InChI=1S/C19H13N3O2/c1-12-13(2)23-19(17(12)10-21)22-11-15-7-8-18(24-15)16-6-4-3-5-14(16)9-20/h3-8,11H,1-2H3. The first-order chi connectivity index (χ1) is 11.6. The van der Waals surface area contributed by atoms with Crippen molar-refractivity contribution < 1.29 is 8.83 Å². The second kappa shape index (κ2) is 6.28. The summed E-state index contributed by atoms with van der Waals surface area (Å²) in [6, 6.07) is 15.0. The van der Waals surface area contributed by atoms with Crippen LogP contribution in [0.25, 0.3) is 11.3 Å². The van der Waals surface area contributed by atoms with E-state index in [-0.39, 0.29) is 5.88 Å². The minimum absolute atomic E-state index is 0.267. The number of hydrogen-bond donors (Lipinski definition) is 0. The largest absolute Gasteiger partial charge is 0.455 e. The molecule has 5 heteroatoms. The average Bonchev–Trinajstić information content (AvgIpc) is 3.18. The predicted molar refractivity (Wildman–Crippen MR) is 89.0 cm³/mol. The van der Waals surface area contributed by atoms with Gasteiger partial charge >= 0.3 is 0 Å². The minimum Gasteiger partial charge on any atom is -0.455 e. The monoisotopic (exact) mass is 315 g/mol. The molecule has 2 aromatic heterocycles. The van der Waals surface area contributed by atoms with Crippen LogP contribution in [0.2, 0.25) is 0 Å². The second-order valence-electron chi connectivity index (χ2n) is 5.19. The van der Waals surface area contributed by atoms with Crippen LogP contribution in [0.15, 0.2) is 50.2 Å². The van der Waals surface area contributed by atoms with E-state index < -0.39 is 0 Å². The van der Waals surface area contributed by atoms with E-state index in [2.05, 4.69) is 17.1 Å². The Morgan fingerprint density at radius 3 is 2.54 bits per heavy atom. The number of furan rings is 2. The molecule has 1 aromatic carbocycles. The van der Waals surface area contributed by atoms with E-state index in [4.69, 9.17) is 14.1 Å². The van der Waals surface area contributed by atoms with Gasteiger partial charge in [-0.2, -0.15) is 10.5 Å². The van der Waals surface area contributed by atoms with Crippen LogP contribution in [-0.2, 0) is 0 Å². The topological polar surface area (TPSA) is 86.2 Å². The van der Waals surface area contributed by atoms with Crippen molar-refractivity contribution in [3.05, 3.63) is 64.6 Å². The first-order valence-electron chi connectivity index (χ1n) is 7.27. The molecule has 3 rings (SSSR count). The van der Waals surface area contributed by atoms with Crippen molar-refractivity contribution in [2.24, 2.45) is 4.99 Å². The van der Waals surface area contributed by atoms with Gasteiger partial charge < -0.3 is 8.83 Å². The summed E-state index contributed by atoms with van der Waals surface area (Å²) in [6.45, 7) is 3.61. The molecule has 3 aromatic rings. The van der Waals surface area contributed by atoms with Gasteiger partial charge in [0, 0.05) is 11.1 Å². The van der Waals surface area contributed by atoms with Crippen molar-refractivity contribution in [3.8, 4) is 23.5 Å². The summed E-state index contributed by atoms with van der Waals surface area (Å²) in [5.74, 6) is 2.03. The van der Waals surface area contributed by atoms with Gasteiger partial charge in [-0.25, -0.2) is 4.99 Å². The Morgan fingerprint density at radius 2 is 1.79 bits per heavy atom. The normalized spacial score (nSPS) is 10.7. The first-order valence-corrected chi connectivity index (χ1v) is 7.27. The lowest BCUT2D eigenvalue weighted by Crippen LogP contribution is -1.81. The third-order valence-corrected chi connectivity index (χ3v) is 3.73. The fourth-order valence-electron chi connectivity index (χ4n) is 2.32. The molecule has 0 saturated heterocycles. The zero-order valence-electron chi connectivity index (χ0n) is 13.2. The van der Waals surface area contributed by atoms with Crippen LogP contribution in [0, 0.1) is 36.5 Å². The van der Waals surface area contributed by atoms with Gasteiger partial charge in [0.05, 0.1) is 17.8 Å². The first kappa shape index (κ1) is 15.3. The van der Waals surface area contributed by atoms with Crippen LogP contribution >= 0.6 is 0 Å². The average molecular weight is 315 g/mol. The SMILES string of the molecule is Cc1oc(N=Cc2ccc(-c3ccccc3C#N)o2)c(C#N)c1C. The maximum Gasteiger partial charge on any atom is 0.237 e. The molecule has 0 radical (unpaired) electrons. The lowest BCUT2D eigenvalue weighted by atomic mass is 10.1. The molecule has 0 N–H and O–H groups in total. The Hall–Kier alpha value is -3.57. The number of rotatable bonds is 3. The summed E-state index contributed by atoms with van der Waals surface area (Å²) in [5.41, 5.74) is 2.47. The van der Waals surface area contributed by atoms with Gasteiger partial charge in [-0.05, 0) is 38.1 Å². The Kier molecular flexibility index (Phi) is 4.01. The zero-order chi connectivity index (χ0) is 17.1. The Bertz CT molecular complexity index is 1010. The Labute approximate surface area is 139 Å². The number of aryl methyl sites for hydroxylation is 1. The van der Waals surface area contributed by atoms with Gasteiger partial charge in [-0.1, -0.05) is 12.1 Å². The van der Waals surface area contributed by atoms with E-state index >= 15 is 0 Å². The van der Waals surface area contributed by atoms with Crippen molar-refractivity contribution in [2.45, 2.75) is 13.8 Å². The van der Waals surface area contributed by atoms with Crippen LogP contribution in [-0.4, -0.2) is 6.21 Å². The molecule has 0 aliphatic carbocycles. The summed E-state index contributed by atoms with van der Waals surface area (Å²) in [5, 5.41) is 18.3. The Morgan fingerprint density at radius 1 is 1.00 bits per heavy atom. The highest BCUT2D eigenvalue weighted by Crippen LogP contribution is 2.28. The molecule has 2 heterocycles. The highest BCUT2D eigenvalue weighted by atomic mass is 16.4. The number of benzene rings is 1. The molecular weight excluding hydrogens is 302 g/mol. The number of nitriles is 2. The van der Waals surface area contributed by atoms with E-state index in [9.17, 15) is 5.26 Å². The molecule has 0 bridgehead atoms. The molecule has 0 saturated carbocycles. The number of hydrogen-bond acceptors (Lipinski definition) is 5. The van der Waals surface area contributed by atoms with E-state index in [1.807, 2.05) is 19.1 Å². The molecule has 0 atom stereocenters. The maximum absolute atomic E-state index is 9.18. The highest BCUT2D eigenvalue weighted by Gasteiger charge is 2.13. The molecule has 0 amide bonds.